The van der Waals surface area contributed by atoms with E-state index in [2.05, 4.69) is 16.4 Å². The summed E-state index contributed by atoms with van der Waals surface area (Å²) in [6.07, 6.45) is 8.11. The zero-order valence-corrected chi connectivity index (χ0v) is 7.09. The molecule has 0 bridgehead atoms. The Balaban J connectivity index is 2.72. The van der Waals surface area contributed by atoms with Crippen LogP contribution in [0.3, 0.4) is 0 Å². The summed E-state index contributed by atoms with van der Waals surface area (Å²) in [5.74, 6) is 0. The first-order valence-electron chi connectivity index (χ1n) is 3.93. The smallest absolute Gasteiger partial charge is 0.0342 e. The minimum atomic E-state index is 1.06. The predicted molar refractivity (Wildman–Crippen MR) is 48.6 cm³/mol. The molecule has 0 aromatic heterocycles. The first-order chi connectivity index (χ1) is 5.38. The Kier molecular flexibility index (Phi) is 2.90. The summed E-state index contributed by atoms with van der Waals surface area (Å²) in [5.41, 5.74) is 2.50. The van der Waals surface area contributed by atoms with Gasteiger partial charge in [0, 0.05) is 25.2 Å². The topological polar surface area (TPSA) is 24.4 Å². The van der Waals surface area contributed by atoms with Crippen LogP contribution in [0.1, 0.15) is 19.8 Å². The number of hydrogen-bond donors (Lipinski definition) is 1. The van der Waals surface area contributed by atoms with E-state index in [0.29, 0.717) is 0 Å². The van der Waals surface area contributed by atoms with E-state index in [1.54, 1.807) is 0 Å². The fraction of sp³-hybridized carbons (Fsp3) is 0.444. The fourth-order valence-electron chi connectivity index (χ4n) is 1.20. The second-order valence-electron chi connectivity index (χ2n) is 2.48. The molecule has 0 aliphatic carbocycles. The highest BCUT2D eigenvalue weighted by atomic mass is 14.8. The molecule has 0 radical (unpaired) electrons. The zero-order chi connectivity index (χ0) is 8.10. The number of allylic oxidation sites excluding steroid dienone is 2. The van der Waals surface area contributed by atoms with Gasteiger partial charge in [-0.25, -0.2) is 0 Å². The molecule has 1 rings (SSSR count). The highest BCUT2D eigenvalue weighted by Gasteiger charge is 2.03. The van der Waals surface area contributed by atoms with E-state index in [4.69, 9.17) is 0 Å². The Morgan fingerprint density at radius 2 is 2.55 bits per heavy atom. The van der Waals surface area contributed by atoms with Crippen LogP contribution < -0.4 is 5.32 Å². The molecule has 2 nitrogen and oxygen atoms in total. The van der Waals surface area contributed by atoms with E-state index in [1.807, 2.05) is 26.4 Å². The number of likely N-dealkylation sites (N-methyl/N-ethyl adjacent to an activating group) is 1. The van der Waals surface area contributed by atoms with Crippen LogP contribution in [0.25, 0.3) is 0 Å². The molecular weight excluding hydrogens is 136 g/mol. The monoisotopic (exact) mass is 150 g/mol. The molecule has 1 heterocycles. The fourth-order valence-corrected chi connectivity index (χ4v) is 1.20. The minimum absolute atomic E-state index is 1.06. The van der Waals surface area contributed by atoms with Gasteiger partial charge in [0.15, 0.2) is 0 Å². The highest BCUT2D eigenvalue weighted by molar-refractivity contribution is 5.61. The van der Waals surface area contributed by atoms with Gasteiger partial charge in [-0.2, -0.15) is 0 Å². The third-order valence-corrected chi connectivity index (χ3v) is 1.78. The molecule has 0 saturated heterocycles. The van der Waals surface area contributed by atoms with Crippen molar-refractivity contribution in [3.05, 3.63) is 23.5 Å². The largest absolute Gasteiger partial charge is 0.388 e. The molecule has 0 aromatic rings. The van der Waals surface area contributed by atoms with E-state index in [1.165, 1.54) is 11.3 Å². The molecule has 0 aromatic carbocycles. The average Bonchev–Trinajstić information content (AvgIpc) is 2.09. The van der Waals surface area contributed by atoms with Gasteiger partial charge >= 0.3 is 0 Å². The normalized spacial score (nSPS) is 18.0. The van der Waals surface area contributed by atoms with Crippen molar-refractivity contribution in [3.63, 3.8) is 0 Å². The standard InChI is InChI=1S/C9H14N2/c1-3-9(10-2)8-5-4-6-11-7-8/h3,6-7,10H,4-5H2,1-2H3/b9-3-. The SMILES string of the molecule is C/C=C(\NC)C1=CN=CCC1. The molecule has 11 heavy (non-hydrogen) atoms. The highest BCUT2D eigenvalue weighted by Crippen LogP contribution is 2.15. The van der Waals surface area contributed by atoms with Crippen LogP contribution in [0, 0.1) is 0 Å². The maximum absolute atomic E-state index is 4.11. The van der Waals surface area contributed by atoms with Crippen molar-refractivity contribution in [2.45, 2.75) is 19.8 Å². The van der Waals surface area contributed by atoms with Gasteiger partial charge in [0.2, 0.25) is 0 Å². The van der Waals surface area contributed by atoms with Crippen molar-refractivity contribution >= 4 is 6.21 Å². The Morgan fingerprint density at radius 3 is 3.00 bits per heavy atom. The van der Waals surface area contributed by atoms with Crippen LogP contribution in [0.2, 0.25) is 0 Å². The summed E-state index contributed by atoms with van der Waals surface area (Å²) in [7, 11) is 1.94. The van der Waals surface area contributed by atoms with Crippen molar-refractivity contribution in [1.29, 1.82) is 0 Å². The summed E-state index contributed by atoms with van der Waals surface area (Å²) in [6, 6.07) is 0. The minimum Gasteiger partial charge on any atom is -0.388 e. The number of hydrogen-bond acceptors (Lipinski definition) is 2. The molecule has 1 N–H and O–H groups in total. The van der Waals surface area contributed by atoms with Gasteiger partial charge in [0.1, 0.15) is 0 Å². The van der Waals surface area contributed by atoms with E-state index in [-0.39, 0.29) is 0 Å². The maximum Gasteiger partial charge on any atom is 0.0342 e. The Hall–Kier alpha value is -1.05. The Bertz CT molecular complexity index is 212. The van der Waals surface area contributed by atoms with Crippen molar-refractivity contribution in [2.24, 2.45) is 4.99 Å². The van der Waals surface area contributed by atoms with Crippen molar-refractivity contribution < 1.29 is 0 Å². The maximum atomic E-state index is 4.11. The van der Waals surface area contributed by atoms with Crippen LogP contribution in [0.4, 0.5) is 0 Å². The van der Waals surface area contributed by atoms with Gasteiger partial charge in [-0.15, -0.1) is 0 Å². The number of rotatable bonds is 2. The number of aliphatic imine (C=N–C) groups is 1. The Morgan fingerprint density at radius 1 is 1.73 bits per heavy atom. The van der Waals surface area contributed by atoms with Crippen LogP contribution in [-0.4, -0.2) is 13.3 Å². The lowest BCUT2D eigenvalue weighted by atomic mass is 10.1. The predicted octanol–water partition coefficient (Wildman–Crippen LogP) is 1.86. The molecule has 2 heteroatoms. The van der Waals surface area contributed by atoms with E-state index in [0.717, 1.165) is 12.8 Å². The van der Waals surface area contributed by atoms with Crippen LogP contribution in [-0.2, 0) is 0 Å². The summed E-state index contributed by atoms with van der Waals surface area (Å²) in [4.78, 5) is 4.11. The van der Waals surface area contributed by atoms with Gasteiger partial charge in [-0.05, 0) is 25.3 Å². The van der Waals surface area contributed by atoms with Gasteiger partial charge in [0.25, 0.3) is 0 Å². The van der Waals surface area contributed by atoms with Gasteiger partial charge in [0.05, 0.1) is 0 Å². The Labute approximate surface area is 67.7 Å². The van der Waals surface area contributed by atoms with Crippen molar-refractivity contribution in [1.82, 2.24) is 5.32 Å². The molecule has 0 unspecified atom stereocenters. The van der Waals surface area contributed by atoms with Crippen LogP contribution in [0.5, 0.6) is 0 Å². The third kappa shape index (κ3) is 1.93. The van der Waals surface area contributed by atoms with E-state index >= 15 is 0 Å². The first-order valence-corrected chi connectivity index (χ1v) is 3.93. The summed E-state index contributed by atoms with van der Waals surface area (Å²) in [5, 5.41) is 3.14. The molecule has 1 aliphatic heterocycles. The molecule has 0 fully saturated rings. The number of nitrogens with zero attached hydrogens (tertiary/aromatic N) is 1. The average molecular weight is 150 g/mol. The summed E-state index contributed by atoms with van der Waals surface area (Å²) < 4.78 is 0. The summed E-state index contributed by atoms with van der Waals surface area (Å²) in [6.45, 7) is 2.03. The molecule has 0 atom stereocenters. The van der Waals surface area contributed by atoms with E-state index in [9.17, 15) is 0 Å². The van der Waals surface area contributed by atoms with Gasteiger partial charge < -0.3 is 5.32 Å². The summed E-state index contributed by atoms with van der Waals surface area (Å²) >= 11 is 0. The molecule has 1 aliphatic rings. The third-order valence-electron chi connectivity index (χ3n) is 1.78. The van der Waals surface area contributed by atoms with E-state index < -0.39 is 0 Å². The molecule has 60 valence electrons. The lowest BCUT2D eigenvalue weighted by molar-refractivity contribution is 0.913. The first kappa shape index (κ1) is 8.05. The molecular formula is C9H14N2. The lowest BCUT2D eigenvalue weighted by Gasteiger charge is -2.11. The molecule has 0 spiro atoms. The second kappa shape index (κ2) is 3.96. The van der Waals surface area contributed by atoms with Crippen molar-refractivity contribution in [2.75, 3.05) is 7.05 Å². The van der Waals surface area contributed by atoms with Crippen LogP contribution in [0.15, 0.2) is 28.5 Å². The van der Waals surface area contributed by atoms with Crippen LogP contribution >= 0.6 is 0 Å². The molecule has 0 amide bonds. The van der Waals surface area contributed by atoms with Gasteiger partial charge in [-0.3, -0.25) is 4.99 Å². The lowest BCUT2D eigenvalue weighted by Crippen LogP contribution is -2.09. The number of nitrogens with one attached hydrogen (secondary N) is 1. The second-order valence-corrected chi connectivity index (χ2v) is 2.48. The van der Waals surface area contributed by atoms with Gasteiger partial charge in [-0.1, -0.05) is 6.08 Å². The quantitative estimate of drug-likeness (QED) is 0.638. The zero-order valence-electron chi connectivity index (χ0n) is 7.09. The van der Waals surface area contributed by atoms with Crippen molar-refractivity contribution in [3.8, 4) is 0 Å². The molecule has 0 saturated carbocycles.